The maximum absolute atomic E-state index is 11.9. The molecule has 0 unspecified atom stereocenters. The Balaban J connectivity index is 1.76. The van der Waals surface area contributed by atoms with Gasteiger partial charge >= 0.3 is 0 Å². The number of carbonyl (C=O) groups is 1. The number of ether oxygens (including phenoxy) is 3. The number of benzene rings is 2. The van der Waals surface area contributed by atoms with E-state index in [1.807, 2.05) is 12.1 Å². The van der Waals surface area contributed by atoms with E-state index in [0.29, 0.717) is 19.6 Å². The summed E-state index contributed by atoms with van der Waals surface area (Å²) < 4.78 is 16.7. The molecule has 0 atom stereocenters. The van der Waals surface area contributed by atoms with Crippen molar-refractivity contribution >= 4 is 11.9 Å². The number of hydrogen-bond acceptors (Lipinski definition) is 6. The van der Waals surface area contributed by atoms with Gasteiger partial charge in [0.05, 0.1) is 19.8 Å². The highest BCUT2D eigenvalue weighted by Crippen LogP contribution is 2.32. The third kappa shape index (κ3) is 8.16. The van der Waals surface area contributed by atoms with E-state index >= 15 is 0 Å². The van der Waals surface area contributed by atoms with E-state index in [2.05, 4.69) is 40.5 Å². The van der Waals surface area contributed by atoms with Gasteiger partial charge in [-0.1, -0.05) is 30.3 Å². The maximum atomic E-state index is 11.9. The van der Waals surface area contributed by atoms with E-state index < -0.39 is 0 Å². The largest absolute Gasteiger partial charge is 0.493 e. The number of nitrogens with two attached hydrogens (primary N) is 1. The number of guanidine groups is 1. The Kier molecular flexibility index (Phi) is 9.68. The summed E-state index contributed by atoms with van der Waals surface area (Å²) in [5.74, 6) is 0.179. The van der Waals surface area contributed by atoms with Crippen molar-refractivity contribution in [3.05, 3.63) is 53.6 Å². The Morgan fingerprint density at radius 2 is 1.97 bits per heavy atom. The first-order chi connectivity index (χ1) is 16.0. The first-order valence-corrected chi connectivity index (χ1v) is 11.3. The summed E-state index contributed by atoms with van der Waals surface area (Å²) in [6.45, 7) is 5.53. The Labute approximate surface area is 195 Å². The Hall–Kier alpha value is -2.94. The van der Waals surface area contributed by atoms with Crippen molar-refractivity contribution in [2.75, 3.05) is 46.6 Å². The molecule has 2 aromatic carbocycles. The molecule has 1 amide bonds. The van der Waals surface area contributed by atoms with Crippen molar-refractivity contribution in [3.63, 3.8) is 0 Å². The number of amides is 1. The summed E-state index contributed by atoms with van der Waals surface area (Å²) >= 11 is 0. The van der Waals surface area contributed by atoms with Crippen LogP contribution in [0, 0.1) is 5.41 Å². The molecular weight excluding hydrogens is 420 g/mol. The molecule has 4 N–H and O–H groups in total. The molecule has 0 spiro atoms. The fourth-order valence-electron chi connectivity index (χ4n) is 3.79. The number of aryl methyl sites for hydroxylation is 1. The Bertz CT molecular complexity index is 928. The topological polar surface area (TPSA) is 110 Å². The highest BCUT2D eigenvalue weighted by atomic mass is 16.5. The zero-order chi connectivity index (χ0) is 23.5. The smallest absolute Gasteiger partial charge is 0.226 e. The van der Waals surface area contributed by atoms with Crippen LogP contribution < -0.4 is 15.8 Å². The third-order valence-electron chi connectivity index (χ3n) is 5.46. The Morgan fingerprint density at radius 3 is 2.73 bits per heavy atom. The van der Waals surface area contributed by atoms with E-state index in [-0.39, 0.29) is 18.3 Å². The van der Waals surface area contributed by atoms with Crippen molar-refractivity contribution in [1.82, 2.24) is 10.2 Å². The van der Waals surface area contributed by atoms with Gasteiger partial charge in [-0.3, -0.25) is 20.4 Å². The quantitative estimate of drug-likeness (QED) is 0.273. The van der Waals surface area contributed by atoms with Crippen LogP contribution in [0.5, 0.6) is 5.75 Å². The van der Waals surface area contributed by atoms with Crippen molar-refractivity contribution in [2.24, 2.45) is 5.73 Å². The van der Waals surface area contributed by atoms with Gasteiger partial charge in [0.2, 0.25) is 5.91 Å². The fourth-order valence-corrected chi connectivity index (χ4v) is 3.79. The molecule has 33 heavy (non-hydrogen) atoms. The van der Waals surface area contributed by atoms with E-state index in [9.17, 15) is 4.79 Å². The van der Waals surface area contributed by atoms with Crippen molar-refractivity contribution in [3.8, 4) is 16.9 Å². The van der Waals surface area contributed by atoms with Crippen molar-refractivity contribution in [2.45, 2.75) is 25.8 Å². The summed E-state index contributed by atoms with van der Waals surface area (Å²) in [6.07, 6.45) is 1.57. The second-order valence-corrected chi connectivity index (χ2v) is 8.08. The lowest BCUT2D eigenvalue weighted by atomic mass is 9.99. The van der Waals surface area contributed by atoms with Gasteiger partial charge in [0, 0.05) is 51.8 Å². The van der Waals surface area contributed by atoms with Crippen LogP contribution in [-0.2, 0) is 27.2 Å². The van der Waals surface area contributed by atoms with Crippen LogP contribution in [0.2, 0.25) is 0 Å². The number of nitrogens with zero attached hydrogens (tertiary/aromatic N) is 1. The minimum atomic E-state index is -0.338. The fraction of sp³-hybridized carbons (Fsp3) is 0.440. The minimum absolute atomic E-state index is 0.247. The molecule has 3 rings (SSSR count). The van der Waals surface area contributed by atoms with Crippen molar-refractivity contribution in [1.29, 1.82) is 5.41 Å². The van der Waals surface area contributed by atoms with Crippen LogP contribution >= 0.6 is 0 Å². The van der Waals surface area contributed by atoms with Gasteiger partial charge in [0.25, 0.3) is 0 Å². The summed E-state index contributed by atoms with van der Waals surface area (Å²) in [5, 5.41) is 9.50. The molecule has 1 saturated heterocycles. The molecule has 0 aliphatic carbocycles. The first-order valence-electron chi connectivity index (χ1n) is 11.3. The van der Waals surface area contributed by atoms with Gasteiger partial charge in [0.15, 0.2) is 5.96 Å². The molecule has 8 nitrogen and oxygen atoms in total. The standard InChI is InChI=1S/C25H34N4O4/c1-31-12-3-13-33-23-17-19(7-9-24(30)28-25(26)27)6-8-22(23)21-5-2-4-20(16-21)18-29-10-14-32-15-11-29/h2,4-6,8,16-17H,3,7,9-15,18H2,1H3,(H4,26,27,28,30). The monoisotopic (exact) mass is 454 g/mol. The van der Waals surface area contributed by atoms with Gasteiger partial charge < -0.3 is 19.9 Å². The second kappa shape index (κ2) is 12.9. The van der Waals surface area contributed by atoms with Gasteiger partial charge in [-0.25, -0.2) is 0 Å². The molecule has 1 aliphatic heterocycles. The van der Waals surface area contributed by atoms with E-state index in [4.69, 9.17) is 25.4 Å². The molecule has 8 heteroatoms. The van der Waals surface area contributed by atoms with Crippen LogP contribution in [0.4, 0.5) is 0 Å². The summed E-state index contributed by atoms with van der Waals surface area (Å²) in [7, 11) is 1.68. The second-order valence-electron chi connectivity index (χ2n) is 8.08. The molecule has 1 aliphatic rings. The molecule has 0 bridgehead atoms. The molecule has 0 aromatic heterocycles. The highest BCUT2D eigenvalue weighted by Gasteiger charge is 2.13. The van der Waals surface area contributed by atoms with Crippen LogP contribution in [0.15, 0.2) is 42.5 Å². The summed E-state index contributed by atoms with van der Waals surface area (Å²) in [5.41, 5.74) is 9.60. The number of nitrogens with one attached hydrogen (secondary N) is 2. The highest BCUT2D eigenvalue weighted by molar-refractivity contribution is 5.94. The van der Waals surface area contributed by atoms with Gasteiger partial charge in [0.1, 0.15) is 5.75 Å². The van der Waals surface area contributed by atoms with Gasteiger partial charge in [-0.05, 0) is 35.2 Å². The molecule has 1 heterocycles. The number of morpholine rings is 1. The minimum Gasteiger partial charge on any atom is -0.493 e. The third-order valence-corrected chi connectivity index (χ3v) is 5.46. The van der Waals surface area contributed by atoms with E-state index in [0.717, 1.165) is 61.7 Å². The van der Waals surface area contributed by atoms with Crippen LogP contribution in [0.25, 0.3) is 11.1 Å². The zero-order valence-electron chi connectivity index (χ0n) is 19.3. The predicted molar refractivity (Wildman–Crippen MR) is 128 cm³/mol. The zero-order valence-corrected chi connectivity index (χ0v) is 19.3. The lowest BCUT2D eigenvalue weighted by molar-refractivity contribution is -0.119. The number of rotatable bonds is 11. The molecule has 178 valence electrons. The number of carbonyl (C=O) groups excluding carboxylic acids is 1. The predicted octanol–water partition coefficient (Wildman–Crippen LogP) is 2.54. The van der Waals surface area contributed by atoms with Gasteiger partial charge in [-0.2, -0.15) is 0 Å². The van der Waals surface area contributed by atoms with Gasteiger partial charge in [-0.15, -0.1) is 0 Å². The molecular formula is C25H34N4O4. The van der Waals surface area contributed by atoms with E-state index in [1.165, 1.54) is 5.56 Å². The number of hydrogen-bond donors (Lipinski definition) is 3. The van der Waals surface area contributed by atoms with Crippen molar-refractivity contribution < 1.29 is 19.0 Å². The average molecular weight is 455 g/mol. The normalized spacial score (nSPS) is 14.1. The lowest BCUT2D eigenvalue weighted by Crippen LogP contribution is -2.35. The SMILES string of the molecule is COCCCOc1cc(CCC(=O)NC(=N)N)ccc1-c1cccc(CN2CCOCC2)c1. The molecule has 1 fully saturated rings. The van der Waals surface area contributed by atoms with Crippen LogP contribution in [-0.4, -0.2) is 63.4 Å². The molecule has 0 saturated carbocycles. The lowest BCUT2D eigenvalue weighted by Gasteiger charge is -2.26. The first kappa shape index (κ1) is 24.7. The Morgan fingerprint density at radius 1 is 1.15 bits per heavy atom. The van der Waals surface area contributed by atoms with E-state index in [1.54, 1.807) is 7.11 Å². The van der Waals surface area contributed by atoms with Crippen LogP contribution in [0.1, 0.15) is 24.0 Å². The van der Waals surface area contributed by atoms with Crippen LogP contribution in [0.3, 0.4) is 0 Å². The molecule has 0 radical (unpaired) electrons. The molecule has 2 aromatic rings. The summed E-state index contributed by atoms with van der Waals surface area (Å²) in [4.78, 5) is 14.3. The number of methoxy groups -OCH3 is 1. The average Bonchev–Trinajstić information content (AvgIpc) is 2.81. The maximum Gasteiger partial charge on any atom is 0.226 e. The summed E-state index contributed by atoms with van der Waals surface area (Å²) in [6, 6.07) is 14.6.